The second-order valence-corrected chi connectivity index (χ2v) is 3.80. The van der Waals surface area contributed by atoms with Gasteiger partial charge >= 0.3 is 16.4 Å². The molecule has 0 saturated carbocycles. The van der Waals surface area contributed by atoms with E-state index >= 15 is 0 Å². The molecule has 0 radical (unpaired) electrons. The Morgan fingerprint density at radius 1 is 1.50 bits per heavy atom. The quantitative estimate of drug-likeness (QED) is 0.629. The molecule has 0 aromatic carbocycles. The van der Waals surface area contributed by atoms with Crippen molar-refractivity contribution in [2.75, 3.05) is 0 Å². The topological polar surface area (TPSA) is 130 Å². The van der Waals surface area contributed by atoms with Gasteiger partial charge in [0.15, 0.2) is 0 Å². The summed E-state index contributed by atoms with van der Waals surface area (Å²) in [5, 5.41) is 8.62. The van der Waals surface area contributed by atoms with Gasteiger partial charge in [-0.05, 0) is 6.92 Å². The van der Waals surface area contributed by atoms with Gasteiger partial charge in [0.25, 0.3) is 0 Å². The summed E-state index contributed by atoms with van der Waals surface area (Å²) in [6.07, 6.45) is 3.32. The van der Waals surface area contributed by atoms with Crippen LogP contribution in [0.25, 0.3) is 0 Å². The van der Waals surface area contributed by atoms with Gasteiger partial charge in [-0.3, -0.25) is 13.9 Å². The van der Waals surface area contributed by atoms with Crippen LogP contribution in [-0.2, 0) is 22.2 Å². The molecule has 16 heavy (non-hydrogen) atoms. The largest absolute Gasteiger partial charge is 0.481 e. The summed E-state index contributed by atoms with van der Waals surface area (Å²) in [6.45, 7) is 1.62. The van der Waals surface area contributed by atoms with E-state index in [4.69, 9.17) is 22.6 Å². The predicted molar refractivity (Wildman–Crippen MR) is 53.4 cm³/mol. The van der Waals surface area contributed by atoms with Crippen LogP contribution in [0, 0.1) is 0 Å². The maximum Gasteiger partial charge on any atom is 0.394 e. The number of hydrogen-bond acceptors (Lipinski definition) is 4. The molecule has 9 heteroatoms. The van der Waals surface area contributed by atoms with Gasteiger partial charge in [0.05, 0.1) is 0 Å². The monoisotopic (exact) mass is 252 g/mol. The molecule has 0 amide bonds. The Bertz CT molecular complexity index is 443. The summed E-state index contributed by atoms with van der Waals surface area (Å²) >= 11 is 0. The summed E-state index contributed by atoms with van der Waals surface area (Å²) in [5.74, 6) is -0.799. The molecular formula is C7H12N2O6S. The van der Waals surface area contributed by atoms with Crippen molar-refractivity contribution >= 4 is 16.4 Å². The van der Waals surface area contributed by atoms with Gasteiger partial charge in [0.2, 0.25) is 0 Å². The first-order chi connectivity index (χ1) is 7.13. The number of nitrogens with zero attached hydrogens (tertiary/aromatic N) is 2. The predicted octanol–water partition coefficient (Wildman–Crippen LogP) is -0.0446. The lowest BCUT2D eigenvalue weighted by Crippen LogP contribution is -2.12. The number of aryl methyl sites for hydroxylation is 1. The molecule has 0 spiro atoms. The van der Waals surface area contributed by atoms with Crippen LogP contribution in [-0.4, -0.2) is 38.2 Å². The maximum absolute atomic E-state index is 10.5. The molecule has 3 N–H and O–H groups in total. The molecule has 1 aromatic rings. The number of carboxylic acids is 1. The highest BCUT2D eigenvalue weighted by atomic mass is 32.3. The van der Waals surface area contributed by atoms with Crippen LogP contribution < -0.4 is 0 Å². The van der Waals surface area contributed by atoms with Gasteiger partial charge in [-0.1, -0.05) is 0 Å². The Balaban J connectivity index is 0.000000385. The Kier molecular flexibility index (Phi) is 5.08. The molecule has 0 saturated heterocycles. The number of hydrogen-bond donors (Lipinski definition) is 3. The van der Waals surface area contributed by atoms with Crippen LogP contribution in [0.2, 0.25) is 0 Å². The molecule has 1 unspecified atom stereocenters. The summed E-state index contributed by atoms with van der Waals surface area (Å²) in [5.41, 5.74) is 0. The van der Waals surface area contributed by atoms with Crippen molar-refractivity contribution in [2.24, 2.45) is 7.05 Å². The lowest BCUT2D eigenvalue weighted by Gasteiger charge is -2.04. The van der Waals surface area contributed by atoms with E-state index in [-0.39, 0.29) is 0 Å². The molecule has 0 fully saturated rings. The van der Waals surface area contributed by atoms with Gasteiger partial charge in [0.1, 0.15) is 11.7 Å². The average molecular weight is 252 g/mol. The van der Waals surface area contributed by atoms with Crippen molar-refractivity contribution in [1.82, 2.24) is 9.55 Å². The first-order valence-corrected chi connectivity index (χ1v) is 5.42. The summed E-state index contributed by atoms with van der Waals surface area (Å²) in [6, 6.07) is 0. The highest BCUT2D eigenvalue weighted by Crippen LogP contribution is 2.10. The van der Waals surface area contributed by atoms with Gasteiger partial charge in [-0.2, -0.15) is 8.42 Å². The van der Waals surface area contributed by atoms with Crippen molar-refractivity contribution in [3.8, 4) is 0 Å². The second kappa shape index (κ2) is 5.58. The van der Waals surface area contributed by atoms with Gasteiger partial charge in [-0.15, -0.1) is 0 Å². The molecule has 8 nitrogen and oxygen atoms in total. The maximum atomic E-state index is 10.5. The number of carboxylic acid groups (broad SMARTS) is 1. The van der Waals surface area contributed by atoms with E-state index in [1.165, 1.54) is 0 Å². The standard InChI is InChI=1S/C7H10N2O2.H2O4S/c1-5(7(10)11)6-8-3-4-9(6)2;1-5(2,3)4/h3-5H,1-2H3,(H,10,11);(H2,1,2,3,4). The molecule has 1 aromatic heterocycles. The van der Waals surface area contributed by atoms with Gasteiger partial charge < -0.3 is 9.67 Å². The van der Waals surface area contributed by atoms with Gasteiger partial charge in [0, 0.05) is 19.4 Å². The summed E-state index contributed by atoms with van der Waals surface area (Å²) in [4.78, 5) is 14.4. The zero-order valence-electron chi connectivity index (χ0n) is 8.60. The SMILES string of the molecule is CC(C(=O)O)c1nccn1C.O=S(=O)(O)O. The minimum atomic E-state index is -4.67. The normalized spacial score (nSPS) is 12.5. The first kappa shape index (κ1) is 14.6. The lowest BCUT2D eigenvalue weighted by atomic mass is 10.2. The number of carbonyl (C=O) groups is 1. The van der Waals surface area contributed by atoms with E-state index in [1.807, 2.05) is 0 Å². The molecule has 1 rings (SSSR count). The van der Waals surface area contributed by atoms with Gasteiger partial charge in [-0.25, -0.2) is 4.98 Å². The zero-order valence-corrected chi connectivity index (χ0v) is 9.42. The third-order valence-corrected chi connectivity index (χ3v) is 1.62. The van der Waals surface area contributed by atoms with Crippen molar-refractivity contribution in [3.05, 3.63) is 18.2 Å². The molecule has 92 valence electrons. The minimum Gasteiger partial charge on any atom is -0.481 e. The zero-order chi connectivity index (χ0) is 12.9. The Morgan fingerprint density at radius 2 is 1.94 bits per heavy atom. The van der Waals surface area contributed by atoms with E-state index in [0.29, 0.717) is 5.82 Å². The van der Waals surface area contributed by atoms with E-state index in [2.05, 4.69) is 4.98 Å². The Hall–Kier alpha value is -1.45. The van der Waals surface area contributed by atoms with Crippen LogP contribution in [0.15, 0.2) is 12.4 Å². The summed E-state index contributed by atoms with van der Waals surface area (Å²) < 4.78 is 33.3. The minimum absolute atomic E-state index is 0.532. The molecule has 1 atom stereocenters. The lowest BCUT2D eigenvalue weighted by molar-refractivity contribution is -0.138. The van der Waals surface area contributed by atoms with Crippen molar-refractivity contribution < 1.29 is 27.4 Å². The molecule has 0 aliphatic carbocycles. The van der Waals surface area contributed by atoms with E-state index in [0.717, 1.165) is 0 Å². The fraction of sp³-hybridized carbons (Fsp3) is 0.429. The number of aliphatic carboxylic acids is 1. The molecule has 0 aliphatic rings. The van der Waals surface area contributed by atoms with Crippen LogP contribution in [0.5, 0.6) is 0 Å². The molecule has 0 bridgehead atoms. The number of imidazole rings is 1. The third-order valence-electron chi connectivity index (χ3n) is 1.62. The van der Waals surface area contributed by atoms with E-state index < -0.39 is 22.3 Å². The first-order valence-electron chi connectivity index (χ1n) is 4.03. The van der Waals surface area contributed by atoms with Crippen LogP contribution in [0.4, 0.5) is 0 Å². The van der Waals surface area contributed by atoms with Crippen molar-refractivity contribution in [2.45, 2.75) is 12.8 Å². The van der Waals surface area contributed by atoms with Crippen molar-refractivity contribution in [1.29, 1.82) is 0 Å². The van der Waals surface area contributed by atoms with Crippen LogP contribution in [0.1, 0.15) is 18.7 Å². The molecule has 1 heterocycles. The van der Waals surface area contributed by atoms with Crippen molar-refractivity contribution in [3.63, 3.8) is 0 Å². The smallest absolute Gasteiger partial charge is 0.394 e. The highest BCUT2D eigenvalue weighted by Gasteiger charge is 2.16. The fourth-order valence-electron chi connectivity index (χ4n) is 0.905. The molecular weight excluding hydrogens is 240 g/mol. The van der Waals surface area contributed by atoms with Crippen LogP contribution in [0.3, 0.4) is 0 Å². The second-order valence-electron chi connectivity index (χ2n) is 2.90. The summed E-state index contributed by atoms with van der Waals surface area (Å²) in [7, 11) is -2.89. The van der Waals surface area contributed by atoms with E-state index in [1.54, 1.807) is 30.9 Å². The Morgan fingerprint density at radius 3 is 2.19 bits per heavy atom. The van der Waals surface area contributed by atoms with E-state index in [9.17, 15) is 4.79 Å². The number of aromatic nitrogens is 2. The highest BCUT2D eigenvalue weighted by molar-refractivity contribution is 7.79. The Labute approximate surface area is 92.1 Å². The number of rotatable bonds is 2. The average Bonchev–Trinajstić information content (AvgIpc) is 2.46. The van der Waals surface area contributed by atoms with Crippen LogP contribution >= 0.6 is 0 Å². The third kappa shape index (κ3) is 6.11. The molecule has 0 aliphatic heterocycles. The fourth-order valence-corrected chi connectivity index (χ4v) is 0.905.